The Morgan fingerprint density at radius 2 is 0.593 bits per heavy atom. The van der Waals surface area contributed by atoms with Gasteiger partial charge in [0.25, 0.3) is 0 Å². The van der Waals surface area contributed by atoms with Crippen molar-refractivity contribution < 1.29 is 80.2 Å². The number of phosphoric acid groups is 2. The van der Waals surface area contributed by atoms with Crippen molar-refractivity contribution in [3.05, 3.63) is 0 Å². The molecule has 0 aliphatic rings. The van der Waals surface area contributed by atoms with Crippen LogP contribution in [0.1, 0.15) is 331 Å². The molecule has 0 aliphatic heterocycles. The van der Waals surface area contributed by atoms with E-state index >= 15 is 0 Å². The standard InChI is InChI=1S/C67H130O17P2/c1-8-10-11-12-13-14-15-16-17-18-28-36-43-50-66(71)83-62(54-77-64(69)48-41-34-27-22-20-26-33-40-47-60(7)9-2)56-81-85(73,74)79-52-61(68)53-80-86(75,76)82-57-63(55-78-65(70)49-42-35-30-23-25-32-39-46-59(5)6)84-67(72)51-44-37-29-21-19-24-31-38-45-58(3)4/h58-63,68H,8-57H2,1-7H3,(H,73,74)(H,75,76)/t60?,61-,62-,63-/m1/s1. The molecule has 510 valence electrons. The van der Waals surface area contributed by atoms with Crippen molar-refractivity contribution in [2.75, 3.05) is 39.6 Å². The minimum Gasteiger partial charge on any atom is -0.462 e. The van der Waals surface area contributed by atoms with Crippen molar-refractivity contribution in [1.82, 2.24) is 0 Å². The van der Waals surface area contributed by atoms with Gasteiger partial charge in [-0.1, -0.05) is 280 Å². The number of hydrogen-bond donors (Lipinski definition) is 3. The first-order chi connectivity index (χ1) is 41.3. The average Bonchev–Trinajstić information content (AvgIpc) is 3.60. The Morgan fingerprint density at radius 1 is 0.337 bits per heavy atom. The molecule has 0 radical (unpaired) electrons. The summed E-state index contributed by atoms with van der Waals surface area (Å²) in [6, 6.07) is 0. The highest BCUT2D eigenvalue weighted by atomic mass is 31.2. The second kappa shape index (κ2) is 58.2. The van der Waals surface area contributed by atoms with Crippen LogP contribution in [0.5, 0.6) is 0 Å². The molecule has 3 N–H and O–H groups in total. The Labute approximate surface area is 524 Å². The molecular formula is C67H130O17P2. The first kappa shape index (κ1) is 84.1. The molecule has 0 aliphatic carbocycles. The number of unbranched alkanes of at least 4 members (excludes halogenated alkanes) is 32. The number of hydrogen-bond acceptors (Lipinski definition) is 15. The molecule has 0 aromatic rings. The summed E-state index contributed by atoms with van der Waals surface area (Å²) in [5.41, 5.74) is 0. The largest absolute Gasteiger partial charge is 0.472 e. The summed E-state index contributed by atoms with van der Waals surface area (Å²) in [6.45, 7) is 11.7. The van der Waals surface area contributed by atoms with Crippen LogP contribution in [0.15, 0.2) is 0 Å². The third-order valence-electron chi connectivity index (χ3n) is 15.7. The van der Waals surface area contributed by atoms with Gasteiger partial charge in [-0.2, -0.15) is 0 Å². The zero-order chi connectivity index (χ0) is 63.8. The Kier molecular flexibility index (Phi) is 56.9. The molecule has 19 heteroatoms. The molecule has 0 rings (SSSR count). The highest BCUT2D eigenvalue weighted by Gasteiger charge is 2.30. The number of aliphatic hydroxyl groups excluding tert-OH is 1. The van der Waals surface area contributed by atoms with Gasteiger partial charge >= 0.3 is 39.5 Å². The van der Waals surface area contributed by atoms with Crippen LogP contribution in [0.2, 0.25) is 0 Å². The molecule has 0 fully saturated rings. The molecular weight excluding hydrogens is 1140 g/mol. The maximum atomic E-state index is 13.0. The van der Waals surface area contributed by atoms with Crippen LogP contribution in [0, 0.1) is 17.8 Å². The van der Waals surface area contributed by atoms with Gasteiger partial charge < -0.3 is 33.8 Å². The number of esters is 4. The van der Waals surface area contributed by atoms with Crippen molar-refractivity contribution in [2.45, 2.75) is 349 Å². The van der Waals surface area contributed by atoms with Gasteiger partial charge in [0.1, 0.15) is 19.3 Å². The molecule has 0 aromatic carbocycles. The molecule has 0 bridgehead atoms. The average molecular weight is 1270 g/mol. The van der Waals surface area contributed by atoms with Crippen LogP contribution in [-0.2, 0) is 65.4 Å². The van der Waals surface area contributed by atoms with Gasteiger partial charge in [-0.3, -0.25) is 37.3 Å². The first-order valence-electron chi connectivity index (χ1n) is 34.9. The summed E-state index contributed by atoms with van der Waals surface area (Å²) in [4.78, 5) is 72.4. The Hall–Kier alpha value is -1.94. The highest BCUT2D eigenvalue weighted by molar-refractivity contribution is 7.47. The number of aliphatic hydroxyl groups is 1. The summed E-state index contributed by atoms with van der Waals surface area (Å²) in [6.07, 6.45) is 40.3. The summed E-state index contributed by atoms with van der Waals surface area (Å²) >= 11 is 0. The van der Waals surface area contributed by atoms with E-state index in [1.165, 1.54) is 135 Å². The molecule has 0 saturated carbocycles. The molecule has 0 spiro atoms. The molecule has 86 heavy (non-hydrogen) atoms. The van der Waals surface area contributed by atoms with Crippen molar-refractivity contribution in [3.63, 3.8) is 0 Å². The van der Waals surface area contributed by atoms with Crippen LogP contribution in [-0.4, -0.2) is 96.7 Å². The summed E-state index contributed by atoms with van der Waals surface area (Å²) in [5.74, 6) is 0.0688. The van der Waals surface area contributed by atoms with E-state index in [1.54, 1.807) is 0 Å². The molecule has 0 amide bonds. The van der Waals surface area contributed by atoms with Gasteiger partial charge in [-0.05, 0) is 43.4 Å². The van der Waals surface area contributed by atoms with Gasteiger partial charge in [0, 0.05) is 25.7 Å². The lowest BCUT2D eigenvalue weighted by molar-refractivity contribution is -0.161. The summed E-state index contributed by atoms with van der Waals surface area (Å²) in [5, 5.41) is 10.6. The molecule has 17 nitrogen and oxygen atoms in total. The maximum absolute atomic E-state index is 13.0. The van der Waals surface area contributed by atoms with E-state index in [2.05, 4.69) is 48.5 Å². The highest BCUT2D eigenvalue weighted by Crippen LogP contribution is 2.45. The number of rotatable bonds is 65. The van der Waals surface area contributed by atoms with E-state index in [9.17, 15) is 43.2 Å². The third kappa shape index (κ3) is 59.7. The fourth-order valence-corrected chi connectivity index (χ4v) is 11.6. The lowest BCUT2D eigenvalue weighted by Gasteiger charge is -2.21. The quantitative estimate of drug-likeness (QED) is 0.0222. The number of carbonyl (C=O) groups is 4. The van der Waals surface area contributed by atoms with Crippen molar-refractivity contribution >= 4 is 39.5 Å². The maximum Gasteiger partial charge on any atom is 0.472 e. The second-order valence-corrected chi connectivity index (χ2v) is 28.3. The van der Waals surface area contributed by atoms with Crippen LogP contribution in [0.3, 0.4) is 0 Å². The van der Waals surface area contributed by atoms with E-state index in [-0.39, 0.29) is 25.7 Å². The number of ether oxygens (including phenoxy) is 4. The topological polar surface area (TPSA) is 237 Å². The summed E-state index contributed by atoms with van der Waals surface area (Å²) < 4.78 is 68.1. The first-order valence-corrected chi connectivity index (χ1v) is 37.9. The van der Waals surface area contributed by atoms with Gasteiger partial charge in [0.15, 0.2) is 12.2 Å². The third-order valence-corrected chi connectivity index (χ3v) is 17.6. The fraction of sp³-hybridized carbons (Fsp3) is 0.940. The lowest BCUT2D eigenvalue weighted by atomic mass is 9.99. The zero-order valence-electron chi connectivity index (χ0n) is 55.8. The summed E-state index contributed by atoms with van der Waals surface area (Å²) in [7, 11) is -9.89. The number of carbonyl (C=O) groups excluding carboxylic acids is 4. The lowest BCUT2D eigenvalue weighted by Crippen LogP contribution is -2.30. The van der Waals surface area contributed by atoms with Crippen LogP contribution in [0.25, 0.3) is 0 Å². The van der Waals surface area contributed by atoms with E-state index in [1.807, 2.05) is 0 Å². The predicted octanol–water partition coefficient (Wildman–Crippen LogP) is 18.7. The molecule has 6 atom stereocenters. The van der Waals surface area contributed by atoms with Crippen LogP contribution < -0.4 is 0 Å². The van der Waals surface area contributed by atoms with Crippen molar-refractivity contribution in [1.29, 1.82) is 0 Å². The molecule has 3 unspecified atom stereocenters. The Bertz CT molecular complexity index is 1700. The van der Waals surface area contributed by atoms with Gasteiger partial charge in [-0.25, -0.2) is 9.13 Å². The fourth-order valence-electron chi connectivity index (χ4n) is 9.98. The van der Waals surface area contributed by atoms with Crippen LogP contribution in [0.4, 0.5) is 0 Å². The van der Waals surface area contributed by atoms with Gasteiger partial charge in [0.2, 0.25) is 0 Å². The smallest absolute Gasteiger partial charge is 0.462 e. The van der Waals surface area contributed by atoms with E-state index < -0.39 is 97.5 Å². The minimum atomic E-state index is -4.95. The Morgan fingerprint density at radius 3 is 0.884 bits per heavy atom. The minimum absolute atomic E-state index is 0.103. The zero-order valence-corrected chi connectivity index (χ0v) is 57.6. The molecule has 0 saturated heterocycles. The van der Waals surface area contributed by atoms with E-state index in [4.69, 9.17) is 37.0 Å². The van der Waals surface area contributed by atoms with Gasteiger partial charge in [0.05, 0.1) is 26.4 Å². The predicted molar refractivity (Wildman–Crippen MR) is 344 cm³/mol. The van der Waals surface area contributed by atoms with Crippen molar-refractivity contribution in [3.8, 4) is 0 Å². The monoisotopic (exact) mass is 1270 g/mol. The SMILES string of the molecule is CCCCCCCCCCCCCCCC(=O)O[C@H](COC(=O)CCCCCCCCCCC(C)CC)COP(=O)(O)OC[C@@H](O)COP(=O)(O)OC[C@@H](COC(=O)CCCCCCCCCC(C)C)OC(=O)CCCCCCCCCCC(C)C. The van der Waals surface area contributed by atoms with E-state index in [0.717, 1.165) is 108 Å². The van der Waals surface area contributed by atoms with Crippen molar-refractivity contribution in [2.24, 2.45) is 17.8 Å². The normalized spacial score (nSPS) is 14.6. The van der Waals surface area contributed by atoms with E-state index in [0.29, 0.717) is 31.6 Å². The second-order valence-electron chi connectivity index (χ2n) is 25.4. The Balaban J connectivity index is 5.26. The molecule has 0 heterocycles. The molecule has 0 aromatic heterocycles. The number of phosphoric ester groups is 2. The van der Waals surface area contributed by atoms with Gasteiger partial charge in [-0.15, -0.1) is 0 Å². The van der Waals surface area contributed by atoms with Crippen LogP contribution >= 0.6 is 15.6 Å².